The van der Waals surface area contributed by atoms with Crippen LogP contribution in [-0.4, -0.2) is 24.7 Å². The third-order valence-corrected chi connectivity index (χ3v) is 2.86. The first-order valence-corrected chi connectivity index (χ1v) is 7.07. The second-order valence-corrected chi connectivity index (χ2v) is 6.80. The molecule has 0 aliphatic carbocycles. The highest BCUT2D eigenvalue weighted by Gasteiger charge is 2.19. The van der Waals surface area contributed by atoms with Crippen LogP contribution in [0.5, 0.6) is 0 Å². The van der Waals surface area contributed by atoms with E-state index < -0.39 is 0 Å². The van der Waals surface area contributed by atoms with Gasteiger partial charge in [0.2, 0.25) is 5.91 Å². The molecule has 0 bridgehead atoms. The molecule has 0 heterocycles. The zero-order valence-corrected chi connectivity index (χ0v) is 13.1. The Bertz CT molecular complexity index is 241. The van der Waals surface area contributed by atoms with Gasteiger partial charge in [-0.2, -0.15) is 0 Å². The molecule has 0 saturated heterocycles. The molecule has 0 aromatic carbocycles. The Hall–Kier alpha value is -0.570. The molecule has 0 saturated carbocycles. The van der Waals surface area contributed by atoms with Crippen molar-refractivity contribution in [1.29, 1.82) is 0 Å². The molecule has 0 aliphatic rings. The van der Waals surface area contributed by atoms with Crippen molar-refractivity contribution in [1.82, 2.24) is 5.32 Å². The van der Waals surface area contributed by atoms with Crippen LogP contribution in [0.3, 0.4) is 0 Å². The summed E-state index contributed by atoms with van der Waals surface area (Å²) in [5.41, 5.74) is -0.0828. The smallest absolute Gasteiger partial charge is 0.246 e. The van der Waals surface area contributed by atoms with Gasteiger partial charge in [-0.15, -0.1) is 0 Å². The molecular formula is C15H31NO2. The van der Waals surface area contributed by atoms with Crippen LogP contribution in [0.1, 0.15) is 67.2 Å². The molecule has 0 aromatic heterocycles. The molecule has 0 aliphatic heterocycles. The van der Waals surface area contributed by atoms with Crippen LogP contribution in [0.15, 0.2) is 0 Å². The van der Waals surface area contributed by atoms with Gasteiger partial charge in [-0.05, 0) is 32.6 Å². The molecule has 0 fully saturated rings. The SMILES string of the molecule is CCCCCC(C)(C)CNC(=O)COC(C)(C)C. The lowest BCUT2D eigenvalue weighted by atomic mass is 9.87. The van der Waals surface area contributed by atoms with Gasteiger partial charge in [-0.3, -0.25) is 4.79 Å². The monoisotopic (exact) mass is 257 g/mol. The largest absolute Gasteiger partial charge is 0.366 e. The fourth-order valence-electron chi connectivity index (χ4n) is 1.61. The second-order valence-electron chi connectivity index (χ2n) is 6.80. The predicted octanol–water partition coefficient (Wildman–Crippen LogP) is 3.52. The Morgan fingerprint density at radius 3 is 2.22 bits per heavy atom. The lowest BCUT2D eigenvalue weighted by Gasteiger charge is -2.25. The Labute approximate surface area is 113 Å². The summed E-state index contributed by atoms with van der Waals surface area (Å²) in [5, 5.41) is 2.96. The number of amides is 1. The fourth-order valence-corrected chi connectivity index (χ4v) is 1.61. The highest BCUT2D eigenvalue weighted by molar-refractivity contribution is 5.77. The van der Waals surface area contributed by atoms with Gasteiger partial charge < -0.3 is 10.1 Å². The van der Waals surface area contributed by atoms with E-state index in [9.17, 15) is 4.79 Å². The molecule has 0 unspecified atom stereocenters. The maximum atomic E-state index is 11.6. The third-order valence-electron chi connectivity index (χ3n) is 2.86. The summed E-state index contributed by atoms with van der Waals surface area (Å²) in [6.07, 6.45) is 4.89. The van der Waals surface area contributed by atoms with Crippen molar-refractivity contribution in [2.45, 2.75) is 72.8 Å². The molecule has 1 amide bonds. The van der Waals surface area contributed by atoms with Crippen molar-refractivity contribution in [2.24, 2.45) is 5.41 Å². The van der Waals surface area contributed by atoms with Crippen LogP contribution < -0.4 is 5.32 Å². The Morgan fingerprint density at radius 2 is 1.72 bits per heavy atom. The average molecular weight is 257 g/mol. The van der Waals surface area contributed by atoms with Crippen molar-refractivity contribution in [3.05, 3.63) is 0 Å². The number of carbonyl (C=O) groups is 1. The number of ether oxygens (including phenoxy) is 1. The lowest BCUT2D eigenvalue weighted by Crippen LogP contribution is -2.37. The number of unbranched alkanes of at least 4 members (excludes halogenated alkanes) is 2. The molecule has 1 N–H and O–H groups in total. The van der Waals surface area contributed by atoms with E-state index in [1.54, 1.807) is 0 Å². The van der Waals surface area contributed by atoms with Crippen LogP contribution in [0.25, 0.3) is 0 Å². The third kappa shape index (κ3) is 10.6. The summed E-state index contributed by atoms with van der Waals surface area (Å²) >= 11 is 0. The fraction of sp³-hybridized carbons (Fsp3) is 0.933. The zero-order valence-electron chi connectivity index (χ0n) is 13.1. The van der Waals surface area contributed by atoms with Crippen LogP contribution >= 0.6 is 0 Å². The molecule has 0 radical (unpaired) electrons. The van der Waals surface area contributed by atoms with Gasteiger partial charge in [0, 0.05) is 6.54 Å². The highest BCUT2D eigenvalue weighted by Crippen LogP contribution is 2.22. The standard InChI is InChI=1S/C15H31NO2/c1-7-8-9-10-15(5,6)12-16-13(17)11-18-14(2,3)4/h7-12H2,1-6H3,(H,16,17). The van der Waals surface area contributed by atoms with E-state index in [1.165, 1.54) is 19.3 Å². The van der Waals surface area contributed by atoms with E-state index in [0.29, 0.717) is 0 Å². The molecular weight excluding hydrogens is 226 g/mol. The minimum absolute atomic E-state index is 0.0199. The van der Waals surface area contributed by atoms with E-state index in [4.69, 9.17) is 4.74 Å². The Morgan fingerprint density at radius 1 is 1.11 bits per heavy atom. The van der Waals surface area contributed by atoms with E-state index in [-0.39, 0.29) is 23.5 Å². The van der Waals surface area contributed by atoms with Gasteiger partial charge in [0.25, 0.3) is 0 Å². The summed E-state index contributed by atoms with van der Waals surface area (Å²) < 4.78 is 5.44. The first-order chi connectivity index (χ1) is 8.16. The van der Waals surface area contributed by atoms with Gasteiger partial charge in [0.15, 0.2) is 0 Å². The first-order valence-electron chi connectivity index (χ1n) is 7.07. The molecule has 0 rings (SSSR count). The van der Waals surface area contributed by atoms with Gasteiger partial charge >= 0.3 is 0 Å². The molecule has 0 atom stereocenters. The van der Waals surface area contributed by atoms with Crippen molar-refractivity contribution >= 4 is 5.91 Å². The zero-order chi connectivity index (χ0) is 14.2. The summed E-state index contributed by atoms with van der Waals surface area (Å²) in [6, 6.07) is 0. The van der Waals surface area contributed by atoms with Gasteiger partial charge in [0.1, 0.15) is 6.61 Å². The number of hydrogen-bond donors (Lipinski definition) is 1. The quantitative estimate of drug-likeness (QED) is 0.676. The minimum atomic E-state index is -0.256. The number of carbonyl (C=O) groups excluding carboxylic acids is 1. The first kappa shape index (κ1) is 17.4. The van der Waals surface area contributed by atoms with Crippen LogP contribution in [-0.2, 0) is 9.53 Å². The van der Waals surface area contributed by atoms with E-state index >= 15 is 0 Å². The normalized spacial score (nSPS) is 12.6. The Balaban J connectivity index is 3.82. The van der Waals surface area contributed by atoms with Crippen molar-refractivity contribution in [3.8, 4) is 0 Å². The minimum Gasteiger partial charge on any atom is -0.366 e. The van der Waals surface area contributed by atoms with Gasteiger partial charge in [0.05, 0.1) is 5.60 Å². The van der Waals surface area contributed by atoms with Crippen LogP contribution in [0.4, 0.5) is 0 Å². The topological polar surface area (TPSA) is 38.3 Å². The van der Waals surface area contributed by atoms with E-state index in [0.717, 1.165) is 13.0 Å². The summed E-state index contributed by atoms with van der Waals surface area (Å²) in [7, 11) is 0. The number of hydrogen-bond acceptors (Lipinski definition) is 2. The number of rotatable bonds is 8. The highest BCUT2D eigenvalue weighted by atomic mass is 16.5. The summed E-state index contributed by atoms with van der Waals surface area (Å²) in [6.45, 7) is 13.3. The van der Waals surface area contributed by atoms with Crippen LogP contribution in [0, 0.1) is 5.41 Å². The second kappa shape index (κ2) is 7.78. The van der Waals surface area contributed by atoms with Crippen LogP contribution in [0.2, 0.25) is 0 Å². The number of nitrogens with one attached hydrogen (secondary N) is 1. The molecule has 0 aromatic rings. The molecule has 0 spiro atoms. The van der Waals surface area contributed by atoms with Gasteiger partial charge in [-0.1, -0.05) is 40.0 Å². The average Bonchev–Trinajstić information content (AvgIpc) is 2.23. The molecule has 18 heavy (non-hydrogen) atoms. The van der Waals surface area contributed by atoms with Crippen molar-refractivity contribution in [2.75, 3.05) is 13.2 Å². The molecule has 3 nitrogen and oxygen atoms in total. The Kier molecular flexibility index (Phi) is 7.53. The summed E-state index contributed by atoms with van der Waals surface area (Å²) in [5.74, 6) is -0.0199. The van der Waals surface area contributed by atoms with Crippen molar-refractivity contribution < 1.29 is 9.53 Å². The summed E-state index contributed by atoms with van der Waals surface area (Å²) in [4.78, 5) is 11.6. The molecule has 3 heteroatoms. The lowest BCUT2D eigenvalue weighted by molar-refractivity contribution is -0.131. The van der Waals surface area contributed by atoms with E-state index in [2.05, 4.69) is 26.1 Å². The van der Waals surface area contributed by atoms with Gasteiger partial charge in [-0.25, -0.2) is 0 Å². The molecule has 108 valence electrons. The predicted molar refractivity (Wildman–Crippen MR) is 76.6 cm³/mol. The van der Waals surface area contributed by atoms with Crippen molar-refractivity contribution in [3.63, 3.8) is 0 Å². The maximum Gasteiger partial charge on any atom is 0.246 e. The van der Waals surface area contributed by atoms with E-state index in [1.807, 2.05) is 20.8 Å². The maximum absolute atomic E-state index is 11.6.